The predicted molar refractivity (Wildman–Crippen MR) is 118 cm³/mol. The Morgan fingerprint density at radius 1 is 1.27 bits per heavy atom. The summed E-state index contributed by atoms with van der Waals surface area (Å²) in [6.07, 6.45) is 0.0919. The highest BCUT2D eigenvalue weighted by molar-refractivity contribution is 7.92. The lowest BCUT2D eigenvalue weighted by Gasteiger charge is -2.34. The molecule has 0 saturated carbocycles. The van der Waals surface area contributed by atoms with Crippen molar-refractivity contribution in [2.24, 2.45) is 0 Å². The second-order valence-corrected chi connectivity index (χ2v) is 10.1. The molecule has 1 aliphatic heterocycles. The molecule has 1 unspecified atom stereocenters. The van der Waals surface area contributed by atoms with E-state index in [2.05, 4.69) is 5.32 Å². The summed E-state index contributed by atoms with van der Waals surface area (Å²) in [5, 5.41) is 2.78. The van der Waals surface area contributed by atoms with Crippen molar-refractivity contribution in [1.82, 2.24) is 4.57 Å². The van der Waals surface area contributed by atoms with Gasteiger partial charge in [0.2, 0.25) is 10.0 Å². The number of hydrogen-bond donors (Lipinski definition) is 1. The molecular weight excluding hydrogens is 426 g/mol. The zero-order valence-corrected chi connectivity index (χ0v) is 18.3. The highest BCUT2D eigenvalue weighted by atomic mass is 32.2. The summed E-state index contributed by atoms with van der Waals surface area (Å²) in [5.74, 6) is -0.113. The van der Waals surface area contributed by atoms with Crippen molar-refractivity contribution in [3.63, 3.8) is 0 Å². The van der Waals surface area contributed by atoms with Crippen LogP contribution in [0.3, 0.4) is 0 Å². The van der Waals surface area contributed by atoms with Crippen LogP contribution in [0.2, 0.25) is 0 Å². The molecule has 2 heterocycles. The Bertz CT molecular complexity index is 1310. The van der Waals surface area contributed by atoms with Gasteiger partial charge in [0.05, 0.1) is 28.7 Å². The third-order valence-corrected chi connectivity index (χ3v) is 7.02. The zero-order chi connectivity index (χ0) is 21.6. The van der Waals surface area contributed by atoms with Gasteiger partial charge in [-0.3, -0.25) is 18.5 Å². The Morgan fingerprint density at radius 2 is 2.03 bits per heavy atom. The second kappa shape index (κ2) is 7.44. The van der Waals surface area contributed by atoms with Crippen molar-refractivity contribution < 1.29 is 17.9 Å². The van der Waals surface area contributed by atoms with Crippen LogP contribution < -0.4 is 19.2 Å². The second-order valence-electron chi connectivity index (χ2n) is 7.16. The number of aryl methyl sites for hydroxylation is 2. The molecule has 0 fully saturated rings. The average Bonchev–Trinajstić information content (AvgIpc) is 3.00. The van der Waals surface area contributed by atoms with Crippen molar-refractivity contribution in [2.45, 2.75) is 26.5 Å². The van der Waals surface area contributed by atoms with Gasteiger partial charge in [-0.05, 0) is 49.7 Å². The van der Waals surface area contributed by atoms with Crippen LogP contribution in [0.4, 0.5) is 11.4 Å². The molecule has 0 radical (unpaired) electrons. The van der Waals surface area contributed by atoms with E-state index < -0.39 is 22.0 Å². The summed E-state index contributed by atoms with van der Waals surface area (Å²) in [5.41, 5.74) is 2.64. The molecule has 1 atom stereocenters. The highest BCUT2D eigenvalue weighted by Gasteiger charge is 2.35. The third kappa shape index (κ3) is 3.68. The molecule has 1 aliphatic rings. The van der Waals surface area contributed by atoms with E-state index in [1.165, 1.54) is 4.31 Å². The number of fused-ring (bicyclic) bond motifs is 2. The van der Waals surface area contributed by atoms with Gasteiger partial charge in [0, 0.05) is 12.2 Å². The lowest BCUT2D eigenvalue weighted by Crippen LogP contribution is -2.48. The maximum Gasteiger partial charge on any atom is 0.308 e. The number of rotatable bonds is 4. The molecule has 8 nitrogen and oxygen atoms in total. The van der Waals surface area contributed by atoms with E-state index in [4.69, 9.17) is 4.74 Å². The molecule has 0 bridgehead atoms. The fourth-order valence-corrected chi connectivity index (χ4v) is 5.39. The number of carbonyl (C=O) groups excluding carboxylic acids is 1. The minimum absolute atomic E-state index is 0.0534. The summed E-state index contributed by atoms with van der Waals surface area (Å²) in [4.78, 5) is 24.9. The SMILES string of the molecule is CCn1c(=O)sc2cc(NC(=O)C3CN(S(C)(=O)=O)c4ccc(C)cc4O3)ccc21. The first-order valence-corrected chi connectivity index (χ1v) is 12.0. The first-order valence-electron chi connectivity index (χ1n) is 9.36. The Hall–Kier alpha value is -2.85. The Labute approximate surface area is 177 Å². The molecule has 10 heteroatoms. The van der Waals surface area contributed by atoms with Gasteiger partial charge in [-0.25, -0.2) is 8.42 Å². The molecule has 0 aliphatic carbocycles. The number of benzene rings is 2. The first-order chi connectivity index (χ1) is 14.2. The number of hydrogen-bond acceptors (Lipinski definition) is 6. The average molecular weight is 448 g/mol. The molecule has 0 saturated heterocycles. The normalized spacial score (nSPS) is 16.2. The van der Waals surface area contributed by atoms with Gasteiger partial charge in [0.25, 0.3) is 5.91 Å². The molecule has 3 aromatic rings. The van der Waals surface area contributed by atoms with Crippen LogP contribution >= 0.6 is 11.3 Å². The minimum Gasteiger partial charge on any atom is -0.476 e. The summed E-state index contributed by atoms with van der Waals surface area (Å²) in [7, 11) is -3.59. The number of anilines is 2. The van der Waals surface area contributed by atoms with Crippen LogP contribution in [0.1, 0.15) is 12.5 Å². The van der Waals surface area contributed by atoms with Gasteiger partial charge in [-0.1, -0.05) is 17.4 Å². The number of nitrogens with one attached hydrogen (secondary N) is 1. The largest absolute Gasteiger partial charge is 0.476 e. The van der Waals surface area contributed by atoms with Gasteiger partial charge >= 0.3 is 4.87 Å². The fraction of sp³-hybridized carbons (Fsp3) is 0.300. The van der Waals surface area contributed by atoms with Crippen LogP contribution in [0.5, 0.6) is 5.75 Å². The summed E-state index contributed by atoms with van der Waals surface area (Å²) in [6.45, 7) is 4.21. The van der Waals surface area contributed by atoms with Gasteiger partial charge in [-0.2, -0.15) is 0 Å². The van der Waals surface area contributed by atoms with Crippen LogP contribution in [0.25, 0.3) is 10.2 Å². The van der Waals surface area contributed by atoms with E-state index in [0.29, 0.717) is 23.7 Å². The van der Waals surface area contributed by atoms with Gasteiger partial charge in [0.1, 0.15) is 5.75 Å². The van der Waals surface area contributed by atoms with E-state index in [9.17, 15) is 18.0 Å². The zero-order valence-electron chi connectivity index (χ0n) is 16.7. The van der Waals surface area contributed by atoms with E-state index in [0.717, 1.165) is 33.4 Å². The number of aromatic nitrogens is 1. The summed E-state index contributed by atoms with van der Waals surface area (Å²) >= 11 is 1.11. The highest BCUT2D eigenvalue weighted by Crippen LogP contribution is 2.36. The minimum atomic E-state index is -3.59. The molecule has 30 heavy (non-hydrogen) atoms. The number of nitrogens with zero attached hydrogens (tertiary/aromatic N) is 2. The standard InChI is InChI=1S/C20H21N3O5S2/c1-4-22-15-8-6-13(10-18(15)29-20(22)25)21-19(24)17-11-23(30(3,26)27)14-7-5-12(2)9-16(14)28-17/h5-10,17H,4,11H2,1-3H3,(H,21,24). The number of amides is 1. The topological polar surface area (TPSA) is 97.7 Å². The predicted octanol–water partition coefficient (Wildman–Crippen LogP) is 2.56. The molecule has 1 aromatic heterocycles. The van der Waals surface area contributed by atoms with E-state index >= 15 is 0 Å². The number of carbonyl (C=O) groups is 1. The lowest BCUT2D eigenvalue weighted by atomic mass is 10.1. The van der Waals surface area contributed by atoms with Crippen LogP contribution in [-0.2, 0) is 21.4 Å². The van der Waals surface area contributed by atoms with E-state index in [1.807, 2.05) is 13.8 Å². The van der Waals surface area contributed by atoms with Crippen LogP contribution in [0.15, 0.2) is 41.2 Å². The van der Waals surface area contributed by atoms with Gasteiger partial charge < -0.3 is 10.1 Å². The molecule has 0 spiro atoms. The summed E-state index contributed by atoms with van der Waals surface area (Å²) in [6, 6.07) is 10.4. The third-order valence-electron chi connectivity index (χ3n) is 4.93. The fourth-order valence-electron chi connectivity index (χ4n) is 3.48. The first kappa shape index (κ1) is 20.4. The Morgan fingerprint density at radius 3 is 2.73 bits per heavy atom. The number of thiazole rings is 1. The van der Waals surface area contributed by atoms with Crippen molar-refractivity contribution in [1.29, 1.82) is 0 Å². The van der Waals surface area contributed by atoms with Crippen molar-refractivity contribution in [2.75, 3.05) is 22.4 Å². The molecular formula is C20H21N3O5S2. The molecule has 1 N–H and O–H groups in total. The Kier molecular flexibility index (Phi) is 5.07. The molecule has 1 amide bonds. The maximum absolute atomic E-state index is 12.9. The number of ether oxygens (including phenoxy) is 1. The van der Waals surface area contributed by atoms with E-state index in [-0.39, 0.29) is 11.4 Å². The summed E-state index contributed by atoms with van der Waals surface area (Å²) < 4.78 is 34.0. The quantitative estimate of drug-likeness (QED) is 0.663. The smallest absolute Gasteiger partial charge is 0.308 e. The molecule has 158 valence electrons. The van der Waals surface area contributed by atoms with Crippen molar-refractivity contribution in [3.8, 4) is 5.75 Å². The van der Waals surface area contributed by atoms with Crippen molar-refractivity contribution in [3.05, 3.63) is 51.6 Å². The van der Waals surface area contributed by atoms with Crippen LogP contribution in [0, 0.1) is 6.92 Å². The molecule has 4 rings (SSSR count). The van der Waals surface area contributed by atoms with E-state index in [1.54, 1.807) is 41.0 Å². The van der Waals surface area contributed by atoms with Gasteiger partial charge in [0.15, 0.2) is 6.10 Å². The lowest BCUT2D eigenvalue weighted by molar-refractivity contribution is -0.122. The Balaban J connectivity index is 1.62. The monoisotopic (exact) mass is 447 g/mol. The number of sulfonamides is 1. The molecule has 2 aromatic carbocycles. The van der Waals surface area contributed by atoms with Gasteiger partial charge in [-0.15, -0.1) is 0 Å². The van der Waals surface area contributed by atoms with Crippen LogP contribution in [-0.4, -0.2) is 37.8 Å². The van der Waals surface area contributed by atoms with Crippen molar-refractivity contribution >= 4 is 48.9 Å². The maximum atomic E-state index is 12.9.